The Morgan fingerprint density at radius 2 is 1.74 bits per heavy atom. The highest BCUT2D eigenvalue weighted by Gasteiger charge is 2.42. The summed E-state index contributed by atoms with van der Waals surface area (Å²) in [5, 5.41) is 28.7. The van der Waals surface area contributed by atoms with Crippen LogP contribution in [-0.2, 0) is 9.59 Å². The summed E-state index contributed by atoms with van der Waals surface area (Å²) in [5.74, 6) is -1.39. The number of aliphatic hydroxyl groups is 2. The second-order valence-electron chi connectivity index (χ2n) is 5.98. The second kappa shape index (κ2) is 8.08. The van der Waals surface area contributed by atoms with Gasteiger partial charge in [-0.05, 0) is 30.9 Å². The number of ether oxygens (including phenoxy) is 1. The van der Waals surface area contributed by atoms with Crippen molar-refractivity contribution in [2.24, 2.45) is 11.8 Å². The Balaban J connectivity index is 1.81. The topological polar surface area (TPSA) is 104 Å². The number of hydrogen-bond donors (Lipinski definition) is 3. The van der Waals surface area contributed by atoms with Crippen molar-refractivity contribution < 1.29 is 29.6 Å². The molecule has 0 aromatic heterocycles. The maximum absolute atomic E-state index is 11.9. The van der Waals surface area contributed by atoms with Crippen LogP contribution in [0.25, 0.3) is 0 Å². The highest BCUT2D eigenvalue weighted by molar-refractivity contribution is 5.79. The first kappa shape index (κ1) is 17.4. The molecule has 1 aromatic rings. The molecule has 6 nitrogen and oxygen atoms in total. The van der Waals surface area contributed by atoms with Gasteiger partial charge < -0.3 is 20.1 Å². The molecule has 0 aliphatic heterocycles. The minimum Gasteiger partial charge on any atom is -0.486 e. The number of para-hydroxylation sites is 1. The Labute approximate surface area is 134 Å². The van der Waals surface area contributed by atoms with Crippen LogP contribution < -0.4 is 4.74 Å². The SMILES string of the molecule is O=C(O)CC1C(O)CC(O)C1CCC(=O)COc1ccccc1. The molecule has 4 unspecified atom stereocenters. The van der Waals surface area contributed by atoms with Gasteiger partial charge in [-0.2, -0.15) is 0 Å². The van der Waals surface area contributed by atoms with Gasteiger partial charge in [0.05, 0.1) is 18.6 Å². The zero-order valence-electron chi connectivity index (χ0n) is 12.8. The normalized spacial score (nSPS) is 26.9. The molecule has 6 heteroatoms. The van der Waals surface area contributed by atoms with Crippen molar-refractivity contribution in [1.29, 1.82) is 0 Å². The van der Waals surface area contributed by atoms with Gasteiger partial charge in [0.25, 0.3) is 0 Å². The summed E-state index contributed by atoms with van der Waals surface area (Å²) >= 11 is 0. The third-order valence-corrected chi connectivity index (χ3v) is 4.33. The van der Waals surface area contributed by atoms with Crippen molar-refractivity contribution in [3.8, 4) is 5.75 Å². The van der Waals surface area contributed by atoms with Crippen LogP contribution in [0.1, 0.15) is 25.7 Å². The summed E-state index contributed by atoms with van der Waals surface area (Å²) in [7, 11) is 0. The summed E-state index contributed by atoms with van der Waals surface area (Å²) in [6.45, 7) is -0.0566. The number of aliphatic hydroxyl groups excluding tert-OH is 2. The third-order valence-electron chi connectivity index (χ3n) is 4.33. The molecule has 4 atom stereocenters. The molecule has 0 amide bonds. The lowest BCUT2D eigenvalue weighted by Crippen LogP contribution is -2.26. The summed E-state index contributed by atoms with van der Waals surface area (Å²) < 4.78 is 5.37. The van der Waals surface area contributed by atoms with Crippen molar-refractivity contribution in [2.45, 2.75) is 37.9 Å². The number of hydrogen-bond acceptors (Lipinski definition) is 5. The smallest absolute Gasteiger partial charge is 0.303 e. The number of carboxylic acid groups (broad SMARTS) is 1. The number of benzene rings is 1. The lowest BCUT2D eigenvalue weighted by Gasteiger charge is -2.21. The van der Waals surface area contributed by atoms with E-state index in [-0.39, 0.29) is 37.6 Å². The van der Waals surface area contributed by atoms with E-state index in [1.807, 2.05) is 18.2 Å². The highest BCUT2D eigenvalue weighted by Crippen LogP contribution is 2.37. The van der Waals surface area contributed by atoms with Gasteiger partial charge in [-0.1, -0.05) is 18.2 Å². The van der Waals surface area contributed by atoms with Crippen LogP contribution in [0.3, 0.4) is 0 Å². The summed E-state index contributed by atoms with van der Waals surface area (Å²) in [6, 6.07) is 8.99. The Bertz CT molecular complexity index is 529. The van der Waals surface area contributed by atoms with Gasteiger partial charge >= 0.3 is 5.97 Å². The number of aliphatic carboxylic acids is 1. The van der Waals surface area contributed by atoms with Crippen molar-refractivity contribution in [1.82, 2.24) is 0 Å². The van der Waals surface area contributed by atoms with Gasteiger partial charge in [0, 0.05) is 12.3 Å². The number of carbonyl (C=O) groups is 2. The summed E-state index contributed by atoms with van der Waals surface area (Å²) in [6.07, 6.45) is -1.08. The number of carbonyl (C=O) groups excluding carboxylic acids is 1. The molecule has 0 radical (unpaired) electrons. The minimum absolute atomic E-state index is 0.0566. The Kier molecular flexibility index (Phi) is 6.12. The molecule has 0 bridgehead atoms. The largest absolute Gasteiger partial charge is 0.486 e. The minimum atomic E-state index is -1.01. The lowest BCUT2D eigenvalue weighted by molar-refractivity contribution is -0.139. The van der Waals surface area contributed by atoms with E-state index in [0.717, 1.165) is 0 Å². The molecule has 23 heavy (non-hydrogen) atoms. The van der Waals surface area contributed by atoms with E-state index in [4.69, 9.17) is 9.84 Å². The van der Waals surface area contributed by atoms with Crippen molar-refractivity contribution in [2.75, 3.05) is 6.61 Å². The van der Waals surface area contributed by atoms with Crippen molar-refractivity contribution >= 4 is 11.8 Å². The Morgan fingerprint density at radius 3 is 2.39 bits per heavy atom. The van der Waals surface area contributed by atoms with Gasteiger partial charge in [-0.25, -0.2) is 0 Å². The molecule has 1 aliphatic rings. The van der Waals surface area contributed by atoms with Gasteiger partial charge in [-0.15, -0.1) is 0 Å². The summed E-state index contributed by atoms with van der Waals surface area (Å²) in [5.41, 5.74) is 0. The zero-order valence-corrected chi connectivity index (χ0v) is 12.8. The van der Waals surface area contributed by atoms with E-state index in [1.54, 1.807) is 12.1 Å². The van der Waals surface area contributed by atoms with Crippen molar-refractivity contribution in [3.05, 3.63) is 30.3 Å². The third kappa shape index (κ3) is 5.04. The second-order valence-corrected chi connectivity index (χ2v) is 5.98. The number of Topliss-reactive ketones (excluding diaryl/α,β-unsaturated/α-hetero) is 1. The van der Waals surface area contributed by atoms with Gasteiger partial charge in [0.15, 0.2) is 5.78 Å². The first-order valence-corrected chi connectivity index (χ1v) is 7.75. The molecule has 0 spiro atoms. The maximum atomic E-state index is 11.9. The van der Waals surface area contributed by atoms with Crippen LogP contribution in [0.15, 0.2) is 30.3 Å². The first-order valence-electron chi connectivity index (χ1n) is 7.75. The van der Waals surface area contributed by atoms with E-state index < -0.39 is 24.1 Å². The van der Waals surface area contributed by atoms with E-state index in [9.17, 15) is 19.8 Å². The monoisotopic (exact) mass is 322 g/mol. The van der Waals surface area contributed by atoms with Crippen molar-refractivity contribution in [3.63, 3.8) is 0 Å². The van der Waals surface area contributed by atoms with Gasteiger partial charge in [0.2, 0.25) is 0 Å². The molecule has 1 aliphatic carbocycles. The molecule has 0 heterocycles. The molecule has 126 valence electrons. The highest BCUT2D eigenvalue weighted by atomic mass is 16.5. The molecular weight excluding hydrogens is 300 g/mol. The fraction of sp³-hybridized carbons (Fsp3) is 0.529. The predicted molar refractivity (Wildman–Crippen MR) is 82.0 cm³/mol. The average Bonchev–Trinajstić information content (AvgIpc) is 2.77. The molecule has 2 rings (SSSR count). The van der Waals surface area contributed by atoms with Gasteiger partial charge in [0.1, 0.15) is 12.4 Å². The lowest BCUT2D eigenvalue weighted by atomic mass is 9.86. The van der Waals surface area contributed by atoms with E-state index in [0.29, 0.717) is 12.2 Å². The molecule has 3 N–H and O–H groups in total. The van der Waals surface area contributed by atoms with Crippen LogP contribution in [0.2, 0.25) is 0 Å². The predicted octanol–water partition coefficient (Wildman–Crippen LogP) is 1.25. The first-order chi connectivity index (χ1) is 11.0. The standard InChI is InChI=1S/C17H22O6/c18-11(10-23-12-4-2-1-3-5-12)6-7-13-14(8-17(21)22)16(20)9-15(13)19/h1-5,13-16,19-20H,6-10H2,(H,21,22). The van der Waals surface area contributed by atoms with E-state index in [1.165, 1.54) is 0 Å². The van der Waals surface area contributed by atoms with Gasteiger partial charge in [-0.3, -0.25) is 9.59 Å². The number of ketones is 1. The van der Waals surface area contributed by atoms with E-state index >= 15 is 0 Å². The quantitative estimate of drug-likeness (QED) is 0.665. The zero-order chi connectivity index (χ0) is 16.8. The van der Waals surface area contributed by atoms with Crippen LogP contribution in [0.4, 0.5) is 0 Å². The Hall–Kier alpha value is -1.92. The van der Waals surface area contributed by atoms with E-state index in [2.05, 4.69) is 0 Å². The fourth-order valence-electron chi connectivity index (χ4n) is 3.14. The van der Waals surface area contributed by atoms with Crippen LogP contribution in [-0.4, -0.2) is 45.9 Å². The van der Waals surface area contributed by atoms with Crippen LogP contribution in [0, 0.1) is 11.8 Å². The molecule has 1 saturated carbocycles. The molecule has 0 saturated heterocycles. The number of rotatable bonds is 8. The van der Waals surface area contributed by atoms with Crippen LogP contribution in [0.5, 0.6) is 5.75 Å². The average molecular weight is 322 g/mol. The Morgan fingerprint density at radius 1 is 1.09 bits per heavy atom. The molecule has 1 aromatic carbocycles. The fourth-order valence-corrected chi connectivity index (χ4v) is 3.14. The molecule has 1 fully saturated rings. The maximum Gasteiger partial charge on any atom is 0.303 e. The van der Waals surface area contributed by atoms with Crippen LogP contribution >= 0.6 is 0 Å². The number of carboxylic acids is 1. The molecular formula is C17H22O6. The summed E-state index contributed by atoms with van der Waals surface area (Å²) in [4.78, 5) is 22.8.